The molecule has 0 aromatic carbocycles. The highest BCUT2D eigenvalue weighted by molar-refractivity contribution is 4.92. The second kappa shape index (κ2) is 10.7. The molecule has 0 amide bonds. The molecule has 0 aromatic rings. The Morgan fingerprint density at radius 3 is 2.17 bits per heavy atom. The Balaban J connectivity index is 0. The van der Waals surface area contributed by atoms with Crippen LogP contribution in [0.3, 0.4) is 0 Å². The van der Waals surface area contributed by atoms with E-state index in [1.165, 1.54) is 18.4 Å². The maximum absolute atomic E-state index is 3.21. The van der Waals surface area contributed by atoms with Gasteiger partial charge in [0, 0.05) is 6.04 Å². The lowest BCUT2D eigenvalue weighted by atomic mass is 10.1. The molecule has 0 radical (unpaired) electrons. The fourth-order valence-electron chi connectivity index (χ4n) is 0.766. The maximum Gasteiger partial charge on any atom is 0.00386 e. The van der Waals surface area contributed by atoms with Gasteiger partial charge in [-0.05, 0) is 40.7 Å². The lowest BCUT2D eigenvalue weighted by Crippen LogP contribution is -2.20. The van der Waals surface area contributed by atoms with E-state index in [0.29, 0.717) is 6.04 Å². The van der Waals surface area contributed by atoms with Gasteiger partial charge in [0.1, 0.15) is 0 Å². The Morgan fingerprint density at radius 1 is 1.33 bits per heavy atom. The van der Waals surface area contributed by atoms with Crippen molar-refractivity contribution >= 4 is 0 Å². The summed E-state index contributed by atoms with van der Waals surface area (Å²) in [5.41, 5.74) is 1.42. The van der Waals surface area contributed by atoms with Crippen molar-refractivity contribution in [1.29, 1.82) is 0 Å². The van der Waals surface area contributed by atoms with Gasteiger partial charge < -0.3 is 5.32 Å². The molecule has 0 aliphatic carbocycles. The van der Waals surface area contributed by atoms with E-state index in [1.54, 1.807) is 0 Å². The number of allylic oxidation sites excluding steroid dienone is 2. The van der Waals surface area contributed by atoms with Gasteiger partial charge in [0.25, 0.3) is 0 Å². The van der Waals surface area contributed by atoms with Crippen molar-refractivity contribution in [2.75, 3.05) is 7.05 Å². The van der Waals surface area contributed by atoms with Gasteiger partial charge >= 0.3 is 0 Å². The normalized spacial score (nSPS) is 11.2. The van der Waals surface area contributed by atoms with E-state index in [-0.39, 0.29) is 0 Å². The highest BCUT2D eigenvalue weighted by Crippen LogP contribution is 1.99. The average molecular weight is 171 g/mol. The average Bonchev–Trinajstić information content (AvgIpc) is 2.07. The van der Waals surface area contributed by atoms with E-state index < -0.39 is 0 Å². The van der Waals surface area contributed by atoms with Crippen LogP contribution in [-0.4, -0.2) is 13.1 Å². The first kappa shape index (κ1) is 14.2. The number of hydrogen-bond donors (Lipinski definition) is 1. The number of nitrogens with one attached hydrogen (secondary N) is 1. The third-order valence-electron chi connectivity index (χ3n) is 1.65. The molecular formula is C11H25N. The second-order valence-electron chi connectivity index (χ2n) is 3.05. The monoisotopic (exact) mass is 171 g/mol. The van der Waals surface area contributed by atoms with Crippen LogP contribution in [0.25, 0.3) is 0 Å². The smallest absolute Gasteiger partial charge is 0.00386 e. The summed E-state index contributed by atoms with van der Waals surface area (Å²) in [5.74, 6) is 0. The van der Waals surface area contributed by atoms with Gasteiger partial charge in [-0.2, -0.15) is 0 Å². The van der Waals surface area contributed by atoms with E-state index in [0.717, 1.165) is 0 Å². The van der Waals surface area contributed by atoms with Crippen molar-refractivity contribution in [1.82, 2.24) is 5.32 Å². The van der Waals surface area contributed by atoms with Crippen LogP contribution in [0.4, 0.5) is 0 Å². The topological polar surface area (TPSA) is 12.0 Å². The molecule has 1 atom stereocenters. The zero-order valence-corrected chi connectivity index (χ0v) is 9.57. The summed E-state index contributed by atoms with van der Waals surface area (Å²) in [6.45, 7) is 10.5. The Hall–Kier alpha value is -0.300. The molecule has 0 aromatic heterocycles. The molecule has 1 N–H and O–H groups in total. The van der Waals surface area contributed by atoms with Gasteiger partial charge in [-0.1, -0.05) is 25.5 Å². The molecular weight excluding hydrogens is 146 g/mol. The molecule has 0 saturated heterocycles. The van der Waals surface area contributed by atoms with Crippen LogP contribution in [0.2, 0.25) is 0 Å². The molecule has 12 heavy (non-hydrogen) atoms. The van der Waals surface area contributed by atoms with E-state index in [4.69, 9.17) is 0 Å². The van der Waals surface area contributed by atoms with Crippen LogP contribution < -0.4 is 5.32 Å². The zero-order valence-electron chi connectivity index (χ0n) is 9.57. The van der Waals surface area contributed by atoms with Crippen LogP contribution in [0, 0.1) is 0 Å². The molecule has 1 unspecified atom stereocenters. The molecule has 0 heterocycles. The van der Waals surface area contributed by atoms with E-state index in [2.05, 4.69) is 32.2 Å². The lowest BCUT2D eigenvalue weighted by molar-refractivity contribution is 0.570. The molecule has 0 saturated carbocycles. The summed E-state index contributed by atoms with van der Waals surface area (Å²) in [6, 6.07) is 0.649. The summed E-state index contributed by atoms with van der Waals surface area (Å²) in [6.07, 6.45) is 4.72. The highest BCUT2D eigenvalue weighted by atomic mass is 14.8. The van der Waals surface area contributed by atoms with E-state index >= 15 is 0 Å². The van der Waals surface area contributed by atoms with E-state index in [1.807, 2.05) is 20.9 Å². The van der Waals surface area contributed by atoms with Crippen LogP contribution >= 0.6 is 0 Å². The zero-order chi connectivity index (χ0) is 9.98. The minimum Gasteiger partial charge on any atom is -0.317 e. The van der Waals surface area contributed by atoms with Crippen molar-refractivity contribution in [2.45, 2.75) is 53.5 Å². The first-order chi connectivity index (χ1) is 5.66. The SMILES string of the molecule is CC.CNC(C)CCC=C(C)C. The van der Waals surface area contributed by atoms with Crippen LogP contribution in [0.1, 0.15) is 47.5 Å². The van der Waals surface area contributed by atoms with Gasteiger partial charge in [-0.25, -0.2) is 0 Å². The first-order valence-corrected chi connectivity index (χ1v) is 4.97. The van der Waals surface area contributed by atoms with Gasteiger partial charge in [0.15, 0.2) is 0 Å². The van der Waals surface area contributed by atoms with Crippen molar-refractivity contribution in [3.63, 3.8) is 0 Å². The molecule has 0 bridgehead atoms. The van der Waals surface area contributed by atoms with Gasteiger partial charge in [-0.3, -0.25) is 0 Å². The lowest BCUT2D eigenvalue weighted by Gasteiger charge is -2.06. The van der Waals surface area contributed by atoms with Crippen molar-refractivity contribution in [2.24, 2.45) is 0 Å². The third kappa shape index (κ3) is 12.4. The van der Waals surface area contributed by atoms with Gasteiger partial charge in [0.05, 0.1) is 0 Å². The first-order valence-electron chi connectivity index (χ1n) is 4.97. The largest absolute Gasteiger partial charge is 0.317 e. The van der Waals surface area contributed by atoms with Gasteiger partial charge in [-0.15, -0.1) is 0 Å². The Morgan fingerprint density at radius 2 is 1.83 bits per heavy atom. The molecule has 0 fully saturated rings. The maximum atomic E-state index is 3.21. The Kier molecular flexibility index (Phi) is 12.7. The van der Waals surface area contributed by atoms with Crippen molar-refractivity contribution in [3.8, 4) is 0 Å². The van der Waals surface area contributed by atoms with Crippen LogP contribution in [0.5, 0.6) is 0 Å². The molecule has 74 valence electrons. The van der Waals surface area contributed by atoms with Crippen LogP contribution in [-0.2, 0) is 0 Å². The third-order valence-corrected chi connectivity index (χ3v) is 1.65. The molecule has 1 nitrogen and oxygen atoms in total. The van der Waals surface area contributed by atoms with Gasteiger partial charge in [0.2, 0.25) is 0 Å². The molecule has 1 heteroatoms. The summed E-state index contributed by atoms with van der Waals surface area (Å²) < 4.78 is 0. The summed E-state index contributed by atoms with van der Waals surface area (Å²) >= 11 is 0. The standard InChI is InChI=1S/C9H19N.C2H6/c1-8(2)6-5-7-9(3)10-4;1-2/h6,9-10H,5,7H2,1-4H3;1-2H3. The quantitative estimate of drug-likeness (QED) is 0.639. The fraction of sp³-hybridized carbons (Fsp3) is 0.818. The van der Waals surface area contributed by atoms with Crippen molar-refractivity contribution < 1.29 is 0 Å². The van der Waals surface area contributed by atoms with E-state index in [9.17, 15) is 0 Å². The summed E-state index contributed by atoms with van der Waals surface area (Å²) in [4.78, 5) is 0. The summed E-state index contributed by atoms with van der Waals surface area (Å²) in [5, 5.41) is 3.21. The predicted molar refractivity (Wildman–Crippen MR) is 58.5 cm³/mol. The number of hydrogen-bond acceptors (Lipinski definition) is 1. The minimum atomic E-state index is 0.649. The number of rotatable bonds is 4. The minimum absolute atomic E-state index is 0.649. The second-order valence-corrected chi connectivity index (χ2v) is 3.05. The molecule has 0 aliphatic heterocycles. The molecule has 0 rings (SSSR count). The summed E-state index contributed by atoms with van der Waals surface area (Å²) in [7, 11) is 2.01. The van der Waals surface area contributed by atoms with Crippen molar-refractivity contribution in [3.05, 3.63) is 11.6 Å². The molecule has 0 aliphatic rings. The fourth-order valence-corrected chi connectivity index (χ4v) is 0.766. The Bertz CT molecular complexity index is 102. The predicted octanol–water partition coefficient (Wildman–Crippen LogP) is 3.37. The highest BCUT2D eigenvalue weighted by Gasteiger charge is 1.93. The molecule has 0 spiro atoms. The van der Waals surface area contributed by atoms with Crippen LogP contribution in [0.15, 0.2) is 11.6 Å². The Labute approximate surface area is 78.3 Å².